The van der Waals surface area contributed by atoms with E-state index in [9.17, 15) is 18.0 Å². The van der Waals surface area contributed by atoms with E-state index in [1.807, 2.05) is 73.7 Å². The standard InChI is InChI=1S/C45H40O9S/c1-31-6-10-33(11-7-31)44(46)35-14-18-39(19-15-35)53-40-24-22-38(23-25-40)52-30-32-8-12-34(13-9-32)45(47)36-16-20-41(21-17-36)54-43-27-26-42(51-2)29-37(43)5-3-4-28-55(48,49)50/h6-27,29H,3-5,28,30H2,1-2H3,(H,48,49,50). The minimum Gasteiger partial charge on any atom is -0.497 e. The van der Waals surface area contributed by atoms with E-state index in [0.29, 0.717) is 82.6 Å². The lowest BCUT2D eigenvalue weighted by Gasteiger charge is -2.13. The van der Waals surface area contributed by atoms with Crippen molar-refractivity contribution >= 4 is 21.7 Å². The van der Waals surface area contributed by atoms with Crippen molar-refractivity contribution in [3.05, 3.63) is 178 Å². The Labute approximate surface area is 320 Å². The van der Waals surface area contributed by atoms with Crippen LogP contribution < -0.4 is 18.9 Å². The topological polar surface area (TPSA) is 125 Å². The van der Waals surface area contributed by atoms with Gasteiger partial charge in [-0.2, -0.15) is 8.42 Å². The Hall–Kier alpha value is -6.23. The average molecular weight is 757 g/mol. The first-order valence-electron chi connectivity index (χ1n) is 17.7. The van der Waals surface area contributed by atoms with Gasteiger partial charge in [0.1, 0.15) is 41.1 Å². The molecule has 0 radical (unpaired) electrons. The zero-order valence-electron chi connectivity index (χ0n) is 30.4. The number of rotatable bonds is 17. The fourth-order valence-electron chi connectivity index (χ4n) is 5.75. The third-order valence-electron chi connectivity index (χ3n) is 8.82. The summed E-state index contributed by atoms with van der Waals surface area (Å²) in [6.45, 7) is 2.30. The molecule has 0 heterocycles. The van der Waals surface area contributed by atoms with Gasteiger partial charge in [0.2, 0.25) is 0 Å². The second-order valence-electron chi connectivity index (χ2n) is 13.0. The minimum absolute atomic E-state index is 0.0405. The molecule has 0 aliphatic rings. The molecular formula is C45H40O9S. The van der Waals surface area contributed by atoms with Crippen LogP contribution in [0.1, 0.15) is 61.4 Å². The number of methoxy groups -OCH3 is 1. The Balaban J connectivity index is 0.987. The van der Waals surface area contributed by atoms with E-state index in [4.69, 9.17) is 23.5 Å². The van der Waals surface area contributed by atoms with Crippen molar-refractivity contribution in [2.45, 2.75) is 32.8 Å². The number of benzene rings is 6. The lowest BCUT2D eigenvalue weighted by atomic mass is 10.0. The van der Waals surface area contributed by atoms with Gasteiger partial charge >= 0.3 is 0 Å². The third-order valence-corrected chi connectivity index (χ3v) is 9.63. The Bertz CT molecular complexity index is 2330. The smallest absolute Gasteiger partial charge is 0.264 e. The quantitative estimate of drug-likeness (QED) is 0.0550. The van der Waals surface area contributed by atoms with E-state index in [0.717, 1.165) is 16.7 Å². The van der Waals surface area contributed by atoms with Crippen LogP contribution in [0.5, 0.6) is 34.5 Å². The molecule has 0 spiro atoms. The molecule has 6 aromatic rings. The summed E-state index contributed by atoms with van der Waals surface area (Å²) in [6, 6.07) is 41.3. The van der Waals surface area contributed by atoms with Crippen LogP contribution in [0.15, 0.2) is 140 Å². The molecule has 0 fully saturated rings. The van der Waals surface area contributed by atoms with Crippen LogP contribution in [0.25, 0.3) is 0 Å². The van der Waals surface area contributed by atoms with Crippen molar-refractivity contribution in [3.8, 4) is 34.5 Å². The number of ketones is 2. The molecule has 9 nitrogen and oxygen atoms in total. The summed E-state index contributed by atoms with van der Waals surface area (Å²) < 4.78 is 54.6. The monoisotopic (exact) mass is 756 g/mol. The highest BCUT2D eigenvalue weighted by molar-refractivity contribution is 7.85. The maximum absolute atomic E-state index is 13.3. The maximum Gasteiger partial charge on any atom is 0.264 e. The second kappa shape index (κ2) is 17.7. The van der Waals surface area contributed by atoms with Crippen molar-refractivity contribution in [1.82, 2.24) is 0 Å². The molecule has 55 heavy (non-hydrogen) atoms. The largest absolute Gasteiger partial charge is 0.497 e. The molecule has 6 rings (SSSR count). The van der Waals surface area contributed by atoms with E-state index >= 15 is 0 Å². The highest BCUT2D eigenvalue weighted by Crippen LogP contribution is 2.31. The van der Waals surface area contributed by atoms with Gasteiger partial charge in [-0.25, -0.2) is 0 Å². The van der Waals surface area contributed by atoms with E-state index in [2.05, 4.69) is 0 Å². The Morgan fingerprint density at radius 1 is 0.564 bits per heavy atom. The highest BCUT2D eigenvalue weighted by atomic mass is 32.2. The lowest BCUT2D eigenvalue weighted by Crippen LogP contribution is -2.04. The maximum atomic E-state index is 13.3. The first kappa shape index (κ1) is 38.5. The van der Waals surface area contributed by atoms with Crippen LogP contribution in [0.4, 0.5) is 0 Å². The number of carbonyl (C=O) groups excluding carboxylic acids is 2. The molecule has 0 atom stereocenters. The van der Waals surface area contributed by atoms with Crippen molar-refractivity contribution in [2.75, 3.05) is 12.9 Å². The van der Waals surface area contributed by atoms with Gasteiger partial charge in [0.05, 0.1) is 12.9 Å². The highest BCUT2D eigenvalue weighted by Gasteiger charge is 2.13. The third kappa shape index (κ3) is 10.9. The second-order valence-corrected chi connectivity index (χ2v) is 14.5. The van der Waals surface area contributed by atoms with Crippen LogP contribution in [0.3, 0.4) is 0 Å². The van der Waals surface area contributed by atoms with Gasteiger partial charge in [0.25, 0.3) is 10.1 Å². The molecule has 10 heteroatoms. The molecule has 280 valence electrons. The summed E-state index contributed by atoms with van der Waals surface area (Å²) >= 11 is 0. The van der Waals surface area contributed by atoms with Crippen LogP contribution in [0.2, 0.25) is 0 Å². The van der Waals surface area contributed by atoms with Gasteiger partial charge in [0.15, 0.2) is 11.6 Å². The number of ether oxygens (including phenoxy) is 4. The number of hydrogen-bond acceptors (Lipinski definition) is 8. The van der Waals surface area contributed by atoms with E-state index in [1.54, 1.807) is 79.9 Å². The molecule has 0 unspecified atom stereocenters. The number of unbranched alkanes of at least 4 members (excludes halogenated alkanes) is 1. The number of hydrogen-bond donors (Lipinski definition) is 1. The van der Waals surface area contributed by atoms with Crippen LogP contribution in [-0.2, 0) is 23.1 Å². The van der Waals surface area contributed by atoms with Gasteiger partial charge in [-0.3, -0.25) is 14.1 Å². The Morgan fingerprint density at radius 3 is 1.55 bits per heavy atom. The van der Waals surface area contributed by atoms with Crippen molar-refractivity contribution < 1.29 is 41.5 Å². The number of carbonyl (C=O) groups is 2. The zero-order valence-corrected chi connectivity index (χ0v) is 31.3. The Kier molecular flexibility index (Phi) is 12.4. The number of aryl methyl sites for hydroxylation is 2. The van der Waals surface area contributed by atoms with Crippen LogP contribution in [-0.4, -0.2) is 37.4 Å². The summed E-state index contributed by atoms with van der Waals surface area (Å²) in [6.07, 6.45) is 1.37. The van der Waals surface area contributed by atoms with Crippen molar-refractivity contribution in [3.63, 3.8) is 0 Å². The zero-order chi connectivity index (χ0) is 38.8. The lowest BCUT2D eigenvalue weighted by molar-refractivity contribution is 0.103. The summed E-state index contributed by atoms with van der Waals surface area (Å²) in [5.41, 5.74) is 5.10. The molecule has 0 aliphatic carbocycles. The normalized spacial score (nSPS) is 11.1. The van der Waals surface area contributed by atoms with Crippen LogP contribution >= 0.6 is 0 Å². The first-order valence-corrected chi connectivity index (χ1v) is 19.3. The Morgan fingerprint density at radius 2 is 1.02 bits per heavy atom. The summed E-state index contributed by atoms with van der Waals surface area (Å²) in [4.78, 5) is 26.0. The van der Waals surface area contributed by atoms with E-state index < -0.39 is 10.1 Å². The molecule has 1 N–H and O–H groups in total. The fraction of sp³-hybridized carbons (Fsp3) is 0.156. The SMILES string of the molecule is COc1ccc(Oc2ccc(C(=O)c3ccc(COc4ccc(Oc5ccc(C(=O)c6ccc(C)cc6)cc5)cc4)cc3)cc2)c(CCCCS(=O)(=O)O)c1. The fourth-order valence-corrected chi connectivity index (χ4v) is 6.32. The molecule has 0 aliphatic heterocycles. The molecule has 0 bridgehead atoms. The predicted molar refractivity (Wildman–Crippen MR) is 211 cm³/mol. The molecule has 0 aromatic heterocycles. The first-order chi connectivity index (χ1) is 26.5. The van der Waals surface area contributed by atoms with Crippen molar-refractivity contribution in [2.24, 2.45) is 0 Å². The van der Waals surface area contributed by atoms with Crippen LogP contribution in [0, 0.1) is 6.92 Å². The van der Waals surface area contributed by atoms with Crippen molar-refractivity contribution in [1.29, 1.82) is 0 Å². The molecule has 6 aromatic carbocycles. The summed E-state index contributed by atoms with van der Waals surface area (Å²) in [7, 11) is -2.45. The summed E-state index contributed by atoms with van der Waals surface area (Å²) in [5.74, 6) is 3.19. The van der Waals surface area contributed by atoms with E-state index in [1.165, 1.54) is 0 Å². The molecular weight excluding hydrogens is 717 g/mol. The minimum atomic E-state index is -4.01. The van der Waals surface area contributed by atoms with Gasteiger partial charge in [-0.05, 0) is 128 Å². The van der Waals surface area contributed by atoms with Gasteiger partial charge in [-0.1, -0.05) is 54.1 Å². The summed E-state index contributed by atoms with van der Waals surface area (Å²) in [5, 5.41) is 0. The van der Waals surface area contributed by atoms with Gasteiger partial charge < -0.3 is 18.9 Å². The molecule has 0 amide bonds. The predicted octanol–water partition coefficient (Wildman–Crippen LogP) is 9.84. The van der Waals surface area contributed by atoms with E-state index in [-0.39, 0.29) is 17.3 Å². The molecule has 0 saturated heterocycles. The molecule has 0 saturated carbocycles. The average Bonchev–Trinajstić information content (AvgIpc) is 3.20. The van der Waals surface area contributed by atoms with Gasteiger partial charge in [0, 0.05) is 22.3 Å². The van der Waals surface area contributed by atoms with Gasteiger partial charge in [-0.15, -0.1) is 0 Å².